The molecular formula is C21H31N5O. The summed E-state index contributed by atoms with van der Waals surface area (Å²) in [5.41, 5.74) is 2.83. The maximum Gasteiger partial charge on any atom is 0.272 e. The van der Waals surface area contributed by atoms with E-state index in [0.717, 1.165) is 49.9 Å². The van der Waals surface area contributed by atoms with Crippen molar-refractivity contribution in [2.24, 2.45) is 7.05 Å². The van der Waals surface area contributed by atoms with Crippen LogP contribution in [0.3, 0.4) is 0 Å². The minimum atomic E-state index is -0.0495. The van der Waals surface area contributed by atoms with Gasteiger partial charge in [0.2, 0.25) is 0 Å². The van der Waals surface area contributed by atoms with Gasteiger partial charge < -0.3 is 15.5 Å². The third-order valence-electron chi connectivity index (χ3n) is 5.95. The Labute approximate surface area is 161 Å². The normalized spacial score (nSPS) is 19.7. The summed E-state index contributed by atoms with van der Waals surface area (Å²) in [6.45, 7) is 4.17. The van der Waals surface area contributed by atoms with Crippen LogP contribution >= 0.6 is 0 Å². The highest BCUT2D eigenvalue weighted by Gasteiger charge is 2.21. The van der Waals surface area contributed by atoms with Crippen LogP contribution in [0.4, 0.5) is 5.69 Å². The maximum absolute atomic E-state index is 12.8. The van der Waals surface area contributed by atoms with Gasteiger partial charge in [-0.1, -0.05) is 19.3 Å². The molecule has 2 aliphatic heterocycles. The lowest BCUT2D eigenvalue weighted by atomic mass is 10.1. The Morgan fingerprint density at radius 2 is 1.81 bits per heavy atom. The molecule has 0 aliphatic carbocycles. The summed E-state index contributed by atoms with van der Waals surface area (Å²) >= 11 is 0. The number of amides is 1. The maximum atomic E-state index is 12.8. The summed E-state index contributed by atoms with van der Waals surface area (Å²) < 4.78 is 1.85. The average molecular weight is 370 g/mol. The van der Waals surface area contributed by atoms with E-state index in [9.17, 15) is 4.79 Å². The molecule has 2 fully saturated rings. The zero-order chi connectivity index (χ0) is 18.6. The van der Waals surface area contributed by atoms with E-state index in [1.54, 1.807) is 0 Å². The van der Waals surface area contributed by atoms with Crippen molar-refractivity contribution in [3.63, 3.8) is 0 Å². The lowest BCUT2D eigenvalue weighted by Gasteiger charge is -2.27. The number of nitrogens with zero attached hydrogens (tertiary/aromatic N) is 3. The molecule has 2 aromatic rings. The molecule has 6 heteroatoms. The molecule has 3 heterocycles. The fourth-order valence-electron chi connectivity index (χ4n) is 4.34. The minimum Gasteiger partial charge on any atom is -0.371 e. The van der Waals surface area contributed by atoms with E-state index < -0.39 is 0 Å². The van der Waals surface area contributed by atoms with E-state index in [4.69, 9.17) is 0 Å². The third kappa shape index (κ3) is 4.10. The number of piperidine rings is 1. The van der Waals surface area contributed by atoms with E-state index in [1.165, 1.54) is 37.8 Å². The second-order valence-electron chi connectivity index (χ2n) is 7.93. The quantitative estimate of drug-likeness (QED) is 0.873. The van der Waals surface area contributed by atoms with Crippen LogP contribution in [0.5, 0.6) is 0 Å². The van der Waals surface area contributed by atoms with Crippen molar-refractivity contribution in [1.29, 1.82) is 0 Å². The SMILES string of the molecule is Cn1nc(C(=O)NC2CCNCC2)c2ccc(N3CCCCCCC3)cc21. The molecular weight excluding hydrogens is 338 g/mol. The number of nitrogens with one attached hydrogen (secondary N) is 2. The van der Waals surface area contributed by atoms with Gasteiger partial charge in [0.25, 0.3) is 5.91 Å². The van der Waals surface area contributed by atoms with Crippen LogP contribution in [0.1, 0.15) is 55.4 Å². The minimum absolute atomic E-state index is 0.0495. The number of benzene rings is 1. The zero-order valence-electron chi connectivity index (χ0n) is 16.3. The lowest BCUT2D eigenvalue weighted by molar-refractivity contribution is 0.0925. The van der Waals surface area contributed by atoms with Crippen molar-refractivity contribution in [1.82, 2.24) is 20.4 Å². The third-order valence-corrected chi connectivity index (χ3v) is 5.95. The number of anilines is 1. The van der Waals surface area contributed by atoms with Gasteiger partial charge in [-0.15, -0.1) is 0 Å². The van der Waals surface area contributed by atoms with Gasteiger partial charge in [-0.05, 0) is 57.0 Å². The first-order chi connectivity index (χ1) is 13.2. The van der Waals surface area contributed by atoms with Crippen LogP contribution in [-0.2, 0) is 7.05 Å². The van der Waals surface area contributed by atoms with Gasteiger partial charge in [0.15, 0.2) is 5.69 Å². The topological polar surface area (TPSA) is 62.2 Å². The molecule has 2 aliphatic rings. The van der Waals surface area contributed by atoms with Crippen LogP contribution in [0, 0.1) is 0 Å². The standard InChI is InChI=1S/C21H31N5O/c1-25-19-15-17(26-13-5-3-2-4-6-14-26)7-8-18(19)20(24-25)21(27)23-16-9-11-22-12-10-16/h7-8,15-16,22H,2-6,9-14H2,1H3,(H,23,27). The lowest BCUT2D eigenvalue weighted by Crippen LogP contribution is -2.42. The van der Waals surface area contributed by atoms with Crippen molar-refractivity contribution >= 4 is 22.5 Å². The van der Waals surface area contributed by atoms with Crippen molar-refractivity contribution in [3.8, 4) is 0 Å². The van der Waals surface area contributed by atoms with Crippen LogP contribution in [-0.4, -0.2) is 47.9 Å². The highest BCUT2D eigenvalue weighted by atomic mass is 16.2. The summed E-state index contributed by atoms with van der Waals surface area (Å²) in [5.74, 6) is -0.0495. The van der Waals surface area contributed by atoms with Gasteiger partial charge in [0.1, 0.15) is 0 Å². The number of aromatic nitrogens is 2. The molecule has 4 rings (SSSR count). The molecule has 1 aromatic heterocycles. The van der Waals surface area contributed by atoms with Crippen molar-refractivity contribution in [3.05, 3.63) is 23.9 Å². The van der Waals surface area contributed by atoms with Crippen LogP contribution in [0.15, 0.2) is 18.2 Å². The molecule has 0 bridgehead atoms. The largest absolute Gasteiger partial charge is 0.371 e. The van der Waals surface area contributed by atoms with Crippen LogP contribution < -0.4 is 15.5 Å². The number of carbonyl (C=O) groups excluding carboxylic acids is 1. The fourth-order valence-corrected chi connectivity index (χ4v) is 4.34. The molecule has 0 spiro atoms. The fraction of sp³-hybridized carbons (Fsp3) is 0.619. The van der Waals surface area contributed by atoms with Gasteiger partial charge in [-0.25, -0.2) is 0 Å². The van der Waals surface area contributed by atoms with E-state index in [-0.39, 0.29) is 11.9 Å². The van der Waals surface area contributed by atoms with Crippen molar-refractivity contribution < 1.29 is 4.79 Å². The summed E-state index contributed by atoms with van der Waals surface area (Å²) in [4.78, 5) is 15.3. The van der Waals surface area contributed by atoms with Gasteiger partial charge in [0, 0.05) is 37.3 Å². The first kappa shape index (κ1) is 18.3. The Morgan fingerprint density at radius 3 is 2.56 bits per heavy atom. The zero-order valence-corrected chi connectivity index (χ0v) is 16.3. The molecule has 0 saturated carbocycles. The van der Waals surface area contributed by atoms with E-state index in [0.29, 0.717) is 5.69 Å². The Balaban J connectivity index is 1.55. The van der Waals surface area contributed by atoms with E-state index in [2.05, 4.69) is 38.8 Å². The van der Waals surface area contributed by atoms with Gasteiger partial charge in [-0.3, -0.25) is 9.48 Å². The highest BCUT2D eigenvalue weighted by Crippen LogP contribution is 2.26. The number of carbonyl (C=O) groups is 1. The first-order valence-electron chi connectivity index (χ1n) is 10.5. The first-order valence-corrected chi connectivity index (χ1v) is 10.5. The molecule has 6 nitrogen and oxygen atoms in total. The van der Waals surface area contributed by atoms with E-state index >= 15 is 0 Å². The predicted octanol–water partition coefficient (Wildman–Crippen LogP) is 2.83. The molecule has 0 atom stereocenters. The summed E-state index contributed by atoms with van der Waals surface area (Å²) in [5, 5.41) is 12.0. The molecule has 2 N–H and O–H groups in total. The van der Waals surface area contributed by atoms with Gasteiger partial charge >= 0.3 is 0 Å². The van der Waals surface area contributed by atoms with Gasteiger partial charge in [0.05, 0.1) is 5.52 Å². The Hall–Kier alpha value is -2.08. The summed E-state index contributed by atoms with van der Waals surface area (Å²) in [6, 6.07) is 6.68. The van der Waals surface area contributed by atoms with E-state index in [1.807, 2.05) is 11.7 Å². The number of hydrogen-bond acceptors (Lipinski definition) is 4. The molecule has 0 unspecified atom stereocenters. The molecule has 2 saturated heterocycles. The van der Waals surface area contributed by atoms with Crippen molar-refractivity contribution in [2.45, 2.75) is 51.0 Å². The molecule has 0 radical (unpaired) electrons. The molecule has 27 heavy (non-hydrogen) atoms. The predicted molar refractivity (Wildman–Crippen MR) is 109 cm³/mol. The number of aryl methyl sites for hydroxylation is 1. The average Bonchev–Trinajstić information content (AvgIpc) is 2.99. The highest BCUT2D eigenvalue weighted by molar-refractivity contribution is 6.05. The number of hydrogen-bond donors (Lipinski definition) is 2. The Kier molecular flexibility index (Phi) is 5.62. The summed E-state index contributed by atoms with van der Waals surface area (Å²) in [6.07, 6.45) is 8.49. The number of fused-ring (bicyclic) bond motifs is 1. The smallest absolute Gasteiger partial charge is 0.272 e. The van der Waals surface area contributed by atoms with Crippen LogP contribution in [0.25, 0.3) is 10.9 Å². The Bertz CT molecular complexity index is 785. The Morgan fingerprint density at radius 1 is 1.11 bits per heavy atom. The second-order valence-corrected chi connectivity index (χ2v) is 7.93. The van der Waals surface area contributed by atoms with Crippen molar-refractivity contribution in [2.75, 3.05) is 31.1 Å². The molecule has 1 aromatic carbocycles. The monoisotopic (exact) mass is 369 g/mol. The molecule has 146 valence electrons. The van der Waals surface area contributed by atoms with Crippen LogP contribution in [0.2, 0.25) is 0 Å². The van der Waals surface area contributed by atoms with Gasteiger partial charge in [-0.2, -0.15) is 5.10 Å². The summed E-state index contributed by atoms with van der Waals surface area (Å²) in [7, 11) is 1.93. The second kappa shape index (κ2) is 8.30. The number of rotatable bonds is 3. The molecule has 1 amide bonds.